The minimum Gasteiger partial charge on any atom is -0.493 e. The molecule has 0 spiro atoms. The molecule has 0 amide bonds. The topological polar surface area (TPSA) is 58.1 Å². The lowest BCUT2D eigenvalue weighted by atomic mass is 10.2. The highest BCUT2D eigenvalue weighted by Crippen LogP contribution is 2.27. The van der Waals surface area contributed by atoms with Crippen molar-refractivity contribution in [3.63, 3.8) is 0 Å². The molecule has 2 rings (SSSR count). The average Bonchev–Trinajstić information content (AvgIpc) is 3.20. The van der Waals surface area contributed by atoms with Crippen LogP contribution < -0.4 is 20.1 Å². The number of rotatable bonds is 9. The van der Waals surface area contributed by atoms with Crippen LogP contribution in [0.4, 0.5) is 0 Å². The van der Waals surface area contributed by atoms with Crippen LogP contribution in [0.3, 0.4) is 0 Å². The largest absolute Gasteiger partial charge is 0.493 e. The average molecular weight is 363 g/mol. The molecule has 0 aliphatic carbocycles. The van der Waals surface area contributed by atoms with Gasteiger partial charge in [0.1, 0.15) is 0 Å². The molecule has 0 saturated carbocycles. The van der Waals surface area contributed by atoms with Gasteiger partial charge in [-0.05, 0) is 57.0 Å². The van der Waals surface area contributed by atoms with E-state index in [1.807, 2.05) is 18.2 Å². The molecule has 6 nitrogen and oxygen atoms in total. The summed E-state index contributed by atoms with van der Waals surface area (Å²) in [6, 6.07) is 6.49. The lowest BCUT2D eigenvalue weighted by Crippen LogP contribution is -2.46. The molecular weight excluding hydrogens is 328 g/mol. The van der Waals surface area contributed by atoms with E-state index < -0.39 is 0 Å². The van der Waals surface area contributed by atoms with Crippen LogP contribution in [-0.2, 0) is 6.54 Å². The van der Waals surface area contributed by atoms with Crippen LogP contribution in [0.25, 0.3) is 0 Å². The van der Waals surface area contributed by atoms with Crippen LogP contribution in [-0.4, -0.2) is 57.3 Å². The first-order valence-corrected chi connectivity index (χ1v) is 9.68. The van der Waals surface area contributed by atoms with Crippen LogP contribution in [0.1, 0.15) is 38.7 Å². The lowest BCUT2D eigenvalue weighted by Gasteiger charge is -2.27. The number of hydrogen-bond acceptors (Lipinski definition) is 4. The Morgan fingerprint density at radius 2 is 1.85 bits per heavy atom. The van der Waals surface area contributed by atoms with Crippen LogP contribution in [0, 0.1) is 0 Å². The Hall–Kier alpha value is -1.95. The van der Waals surface area contributed by atoms with Gasteiger partial charge in [-0.25, -0.2) is 4.99 Å². The van der Waals surface area contributed by atoms with Crippen molar-refractivity contribution in [3.05, 3.63) is 23.8 Å². The Balaban J connectivity index is 1.97. The Labute approximate surface area is 158 Å². The van der Waals surface area contributed by atoms with Gasteiger partial charge in [0.05, 0.1) is 20.8 Å². The fourth-order valence-corrected chi connectivity index (χ4v) is 3.34. The first-order valence-electron chi connectivity index (χ1n) is 9.68. The SMILES string of the molecule is CCNC(=NCc1ccc(OC)c(OC)c1)NCC(CC)N1CCCC1. The van der Waals surface area contributed by atoms with Gasteiger partial charge in [0.25, 0.3) is 0 Å². The minimum atomic E-state index is 0.572. The smallest absolute Gasteiger partial charge is 0.191 e. The molecule has 1 aromatic rings. The number of likely N-dealkylation sites (tertiary alicyclic amines) is 1. The van der Waals surface area contributed by atoms with Crippen molar-refractivity contribution in [1.82, 2.24) is 15.5 Å². The van der Waals surface area contributed by atoms with Gasteiger partial charge in [-0.1, -0.05) is 13.0 Å². The number of aliphatic imine (C=N–C) groups is 1. The highest BCUT2D eigenvalue weighted by Gasteiger charge is 2.20. The summed E-state index contributed by atoms with van der Waals surface area (Å²) >= 11 is 0. The molecule has 26 heavy (non-hydrogen) atoms. The summed E-state index contributed by atoms with van der Waals surface area (Å²) in [5.74, 6) is 2.33. The molecular formula is C20H34N4O2. The van der Waals surface area contributed by atoms with E-state index in [0.717, 1.165) is 42.5 Å². The summed E-state index contributed by atoms with van der Waals surface area (Å²) in [5.41, 5.74) is 1.09. The molecule has 1 atom stereocenters. The van der Waals surface area contributed by atoms with Crippen LogP contribution in [0.15, 0.2) is 23.2 Å². The van der Waals surface area contributed by atoms with Gasteiger partial charge in [0.15, 0.2) is 17.5 Å². The number of methoxy groups -OCH3 is 2. The quantitative estimate of drug-likeness (QED) is 0.522. The number of benzene rings is 1. The highest BCUT2D eigenvalue weighted by molar-refractivity contribution is 5.79. The third-order valence-corrected chi connectivity index (χ3v) is 4.85. The summed E-state index contributed by atoms with van der Waals surface area (Å²) in [7, 11) is 3.30. The number of hydrogen-bond donors (Lipinski definition) is 2. The second-order valence-electron chi connectivity index (χ2n) is 6.57. The van der Waals surface area contributed by atoms with E-state index in [0.29, 0.717) is 12.6 Å². The first kappa shape index (κ1) is 20.4. The van der Waals surface area contributed by atoms with E-state index >= 15 is 0 Å². The van der Waals surface area contributed by atoms with Crippen molar-refractivity contribution in [2.24, 2.45) is 4.99 Å². The second-order valence-corrected chi connectivity index (χ2v) is 6.57. The molecule has 6 heteroatoms. The maximum Gasteiger partial charge on any atom is 0.191 e. The fourth-order valence-electron chi connectivity index (χ4n) is 3.34. The zero-order valence-corrected chi connectivity index (χ0v) is 16.7. The molecule has 0 bridgehead atoms. The molecule has 1 fully saturated rings. The number of guanidine groups is 1. The molecule has 2 N–H and O–H groups in total. The van der Waals surface area contributed by atoms with Crippen molar-refractivity contribution in [1.29, 1.82) is 0 Å². The van der Waals surface area contributed by atoms with Crippen molar-refractivity contribution in [2.75, 3.05) is 40.4 Å². The summed E-state index contributed by atoms with van der Waals surface area (Å²) in [6.45, 7) is 9.16. The van der Waals surface area contributed by atoms with Gasteiger partial charge in [-0.15, -0.1) is 0 Å². The fraction of sp³-hybridized carbons (Fsp3) is 0.650. The maximum absolute atomic E-state index is 5.37. The predicted molar refractivity (Wildman–Crippen MR) is 107 cm³/mol. The lowest BCUT2D eigenvalue weighted by molar-refractivity contribution is 0.236. The monoisotopic (exact) mass is 362 g/mol. The number of nitrogens with zero attached hydrogens (tertiary/aromatic N) is 2. The van der Waals surface area contributed by atoms with Crippen molar-refractivity contribution in [2.45, 2.75) is 45.7 Å². The summed E-state index contributed by atoms with van der Waals surface area (Å²) < 4.78 is 10.7. The Morgan fingerprint density at radius 3 is 2.46 bits per heavy atom. The van der Waals surface area contributed by atoms with Gasteiger partial charge in [0.2, 0.25) is 0 Å². The molecule has 0 aromatic heterocycles. The van der Waals surface area contributed by atoms with E-state index in [4.69, 9.17) is 14.5 Å². The molecule has 1 unspecified atom stereocenters. The van der Waals surface area contributed by atoms with E-state index in [2.05, 4.69) is 29.4 Å². The zero-order valence-electron chi connectivity index (χ0n) is 16.7. The van der Waals surface area contributed by atoms with Gasteiger partial charge in [-0.2, -0.15) is 0 Å². The normalized spacial score (nSPS) is 16.4. The molecule has 1 aromatic carbocycles. The third kappa shape index (κ3) is 5.80. The predicted octanol–water partition coefficient (Wildman–Crippen LogP) is 2.63. The van der Waals surface area contributed by atoms with E-state index in [1.165, 1.54) is 25.9 Å². The Morgan fingerprint density at radius 1 is 1.12 bits per heavy atom. The van der Waals surface area contributed by atoms with Crippen molar-refractivity contribution < 1.29 is 9.47 Å². The maximum atomic E-state index is 5.37. The van der Waals surface area contributed by atoms with Crippen LogP contribution in [0.5, 0.6) is 11.5 Å². The second kappa shape index (κ2) is 10.9. The molecule has 1 saturated heterocycles. The molecule has 0 radical (unpaired) electrons. The van der Waals surface area contributed by atoms with Crippen molar-refractivity contribution >= 4 is 5.96 Å². The van der Waals surface area contributed by atoms with Gasteiger partial charge >= 0.3 is 0 Å². The van der Waals surface area contributed by atoms with Gasteiger partial charge in [0, 0.05) is 19.1 Å². The third-order valence-electron chi connectivity index (χ3n) is 4.85. The van der Waals surface area contributed by atoms with Crippen LogP contribution >= 0.6 is 0 Å². The minimum absolute atomic E-state index is 0.572. The first-order chi connectivity index (χ1) is 12.7. The van der Waals surface area contributed by atoms with E-state index in [1.54, 1.807) is 14.2 Å². The Bertz CT molecular complexity index is 571. The highest BCUT2D eigenvalue weighted by atomic mass is 16.5. The summed E-state index contributed by atoms with van der Waals surface area (Å²) in [4.78, 5) is 7.32. The van der Waals surface area contributed by atoms with E-state index in [9.17, 15) is 0 Å². The standard InChI is InChI=1S/C20H34N4O2/c1-5-17(24-11-7-8-12-24)15-23-20(21-6-2)22-14-16-9-10-18(25-3)19(13-16)26-4/h9-10,13,17H,5-8,11-12,14-15H2,1-4H3,(H2,21,22,23). The van der Waals surface area contributed by atoms with Crippen LogP contribution in [0.2, 0.25) is 0 Å². The molecule has 1 aliphatic heterocycles. The van der Waals surface area contributed by atoms with Crippen molar-refractivity contribution in [3.8, 4) is 11.5 Å². The number of nitrogens with one attached hydrogen (secondary N) is 2. The number of ether oxygens (including phenoxy) is 2. The Kier molecular flexibility index (Phi) is 8.54. The molecule has 146 valence electrons. The summed E-state index contributed by atoms with van der Waals surface area (Å²) in [6.07, 6.45) is 3.80. The van der Waals surface area contributed by atoms with E-state index in [-0.39, 0.29) is 0 Å². The van der Waals surface area contributed by atoms with Gasteiger partial charge < -0.3 is 20.1 Å². The summed E-state index contributed by atoms with van der Waals surface area (Å²) in [5, 5.41) is 6.85. The molecule has 1 aliphatic rings. The molecule has 1 heterocycles. The zero-order chi connectivity index (χ0) is 18.8. The van der Waals surface area contributed by atoms with Gasteiger partial charge in [-0.3, -0.25) is 4.90 Å².